The summed E-state index contributed by atoms with van der Waals surface area (Å²) in [6.45, 7) is 0. The molecule has 1 aliphatic rings. The lowest BCUT2D eigenvalue weighted by Gasteiger charge is -2.12. The zero-order valence-electron chi connectivity index (χ0n) is 9.12. The second-order valence-corrected chi connectivity index (χ2v) is 3.78. The number of carbonyl (C=O) groups is 3. The molecule has 0 spiro atoms. The lowest BCUT2D eigenvalue weighted by Crippen LogP contribution is -2.24. The van der Waals surface area contributed by atoms with Gasteiger partial charge in [-0.05, 0) is 18.2 Å². The van der Waals surface area contributed by atoms with Gasteiger partial charge in [-0.1, -0.05) is 12.1 Å². The maximum Gasteiger partial charge on any atom is 0.306 e. The third-order valence-corrected chi connectivity index (χ3v) is 2.74. The predicted octanol–water partition coefficient (Wildman–Crippen LogP) is 1.95. The van der Waals surface area contributed by atoms with Crippen LogP contribution in [0.5, 0.6) is 0 Å². The van der Waals surface area contributed by atoms with Gasteiger partial charge in [0.05, 0.1) is 11.3 Å². The predicted molar refractivity (Wildman–Crippen MR) is 62.0 cm³/mol. The minimum Gasteiger partial charge on any atom is -0.437 e. The van der Waals surface area contributed by atoms with Crippen LogP contribution in [-0.2, 0) is 4.79 Å². The van der Waals surface area contributed by atoms with Crippen LogP contribution in [0, 0.1) is 0 Å². The first-order chi connectivity index (χ1) is 8.72. The molecule has 18 heavy (non-hydrogen) atoms. The van der Waals surface area contributed by atoms with E-state index in [-0.39, 0.29) is 11.6 Å². The van der Waals surface area contributed by atoms with Gasteiger partial charge in [-0.2, -0.15) is 0 Å². The number of Topliss-reactive ketones (excluding diaryl/α,β-unsaturated/α-hetero) is 1. The number of hydrogen-bond donors (Lipinski definition) is 0. The highest BCUT2D eigenvalue weighted by atomic mass is 16.4. The number of hydrogen-bond acceptors (Lipinski definition) is 4. The van der Waals surface area contributed by atoms with Crippen LogP contribution in [0.15, 0.2) is 40.8 Å². The van der Waals surface area contributed by atoms with Gasteiger partial charge in [0.25, 0.3) is 5.78 Å². The van der Waals surface area contributed by atoms with E-state index in [1.165, 1.54) is 17.0 Å². The summed E-state index contributed by atoms with van der Waals surface area (Å²) in [6.07, 6.45) is 0.539. The standard InChI is InChI=1S/C13H7NO4/c15-7-8-5-6-11(18-8)14-10-4-2-1-3-9(10)12(16)13(14)17/h1-7H. The average molecular weight is 241 g/mol. The Morgan fingerprint density at radius 2 is 1.83 bits per heavy atom. The number of aldehydes is 1. The molecule has 0 saturated carbocycles. The Balaban J connectivity index is 2.15. The van der Waals surface area contributed by atoms with E-state index in [0.29, 0.717) is 17.5 Å². The first-order valence-electron chi connectivity index (χ1n) is 5.25. The molecule has 3 rings (SSSR count). The number of ketones is 1. The van der Waals surface area contributed by atoms with E-state index in [2.05, 4.69) is 0 Å². The zero-order chi connectivity index (χ0) is 12.7. The van der Waals surface area contributed by atoms with Crippen molar-refractivity contribution in [1.82, 2.24) is 0 Å². The summed E-state index contributed by atoms with van der Waals surface area (Å²) in [6, 6.07) is 9.58. The maximum absolute atomic E-state index is 11.9. The molecule has 1 aromatic carbocycles. The fraction of sp³-hybridized carbons (Fsp3) is 0. The van der Waals surface area contributed by atoms with Crippen molar-refractivity contribution in [2.75, 3.05) is 4.90 Å². The van der Waals surface area contributed by atoms with Crippen LogP contribution >= 0.6 is 0 Å². The fourth-order valence-corrected chi connectivity index (χ4v) is 1.93. The Hall–Kier alpha value is -2.69. The third-order valence-electron chi connectivity index (χ3n) is 2.74. The number of rotatable bonds is 2. The smallest absolute Gasteiger partial charge is 0.306 e. The van der Waals surface area contributed by atoms with Gasteiger partial charge >= 0.3 is 5.91 Å². The molecule has 0 aliphatic carbocycles. The summed E-state index contributed by atoms with van der Waals surface area (Å²) in [7, 11) is 0. The molecular weight excluding hydrogens is 234 g/mol. The highest BCUT2D eigenvalue weighted by Gasteiger charge is 2.37. The fourth-order valence-electron chi connectivity index (χ4n) is 1.93. The molecule has 0 atom stereocenters. The number of fused-ring (bicyclic) bond motifs is 1. The lowest BCUT2D eigenvalue weighted by atomic mass is 10.1. The molecule has 1 aromatic heterocycles. The van der Waals surface area contributed by atoms with Crippen molar-refractivity contribution in [2.45, 2.75) is 0 Å². The third kappa shape index (κ3) is 1.31. The topological polar surface area (TPSA) is 67.6 Å². The van der Waals surface area contributed by atoms with Crippen molar-refractivity contribution in [3.05, 3.63) is 47.7 Å². The normalized spacial score (nSPS) is 13.9. The van der Waals surface area contributed by atoms with Crippen LogP contribution in [0.1, 0.15) is 20.9 Å². The van der Waals surface area contributed by atoms with E-state index in [4.69, 9.17) is 4.42 Å². The van der Waals surface area contributed by atoms with Crippen molar-refractivity contribution in [3.63, 3.8) is 0 Å². The Kier molecular flexibility index (Phi) is 2.13. The number of anilines is 2. The van der Waals surface area contributed by atoms with Gasteiger partial charge in [0.15, 0.2) is 12.0 Å². The van der Waals surface area contributed by atoms with E-state index in [1.54, 1.807) is 24.3 Å². The van der Waals surface area contributed by atoms with Crippen molar-refractivity contribution >= 4 is 29.5 Å². The van der Waals surface area contributed by atoms with Gasteiger partial charge in [-0.3, -0.25) is 14.4 Å². The lowest BCUT2D eigenvalue weighted by molar-refractivity contribution is -0.113. The molecule has 1 aliphatic heterocycles. The molecule has 0 radical (unpaired) electrons. The van der Waals surface area contributed by atoms with E-state index < -0.39 is 11.7 Å². The summed E-state index contributed by atoms with van der Waals surface area (Å²) in [5.41, 5.74) is 0.811. The maximum atomic E-state index is 11.9. The highest BCUT2D eigenvalue weighted by molar-refractivity contribution is 6.53. The molecule has 2 aromatic rings. The molecule has 0 saturated heterocycles. The summed E-state index contributed by atoms with van der Waals surface area (Å²) in [5, 5.41) is 0. The SMILES string of the molecule is O=Cc1ccc(N2C(=O)C(=O)c3ccccc32)o1. The van der Waals surface area contributed by atoms with Crippen LogP contribution in [0.25, 0.3) is 0 Å². The quantitative estimate of drug-likeness (QED) is 0.595. The molecular formula is C13H7NO4. The number of benzene rings is 1. The summed E-state index contributed by atoms with van der Waals surface area (Å²) in [5.74, 6) is -0.979. The van der Waals surface area contributed by atoms with E-state index >= 15 is 0 Å². The average Bonchev–Trinajstić information content (AvgIpc) is 2.95. The Labute approximate surface area is 102 Å². The van der Waals surface area contributed by atoms with Crippen molar-refractivity contribution in [1.29, 1.82) is 0 Å². The molecule has 0 unspecified atom stereocenters. The highest BCUT2D eigenvalue weighted by Crippen LogP contribution is 2.35. The molecule has 88 valence electrons. The summed E-state index contributed by atoms with van der Waals surface area (Å²) < 4.78 is 5.18. The van der Waals surface area contributed by atoms with Gasteiger partial charge in [0.1, 0.15) is 0 Å². The van der Waals surface area contributed by atoms with Gasteiger partial charge in [-0.15, -0.1) is 0 Å². The van der Waals surface area contributed by atoms with Gasteiger partial charge in [0, 0.05) is 6.07 Å². The molecule has 5 nitrogen and oxygen atoms in total. The first-order valence-corrected chi connectivity index (χ1v) is 5.25. The Morgan fingerprint density at radius 3 is 2.56 bits per heavy atom. The number of carbonyl (C=O) groups excluding carboxylic acids is 3. The van der Waals surface area contributed by atoms with Gasteiger partial charge in [-0.25, -0.2) is 4.90 Å². The summed E-state index contributed by atoms with van der Waals surface area (Å²) >= 11 is 0. The van der Waals surface area contributed by atoms with Crippen LogP contribution in [0.3, 0.4) is 0 Å². The molecule has 0 N–H and O–H groups in total. The van der Waals surface area contributed by atoms with Crippen LogP contribution in [-0.4, -0.2) is 18.0 Å². The molecule has 1 amide bonds. The zero-order valence-corrected chi connectivity index (χ0v) is 9.12. The number of nitrogens with zero attached hydrogens (tertiary/aromatic N) is 1. The second-order valence-electron chi connectivity index (χ2n) is 3.78. The summed E-state index contributed by atoms with van der Waals surface area (Å²) in [4.78, 5) is 35.4. The Morgan fingerprint density at radius 1 is 1.06 bits per heavy atom. The molecule has 0 fully saturated rings. The van der Waals surface area contributed by atoms with Gasteiger partial charge < -0.3 is 4.42 Å². The number of para-hydroxylation sites is 1. The van der Waals surface area contributed by atoms with Crippen molar-refractivity contribution in [3.8, 4) is 0 Å². The monoisotopic (exact) mass is 241 g/mol. The Bertz CT molecular complexity index is 671. The van der Waals surface area contributed by atoms with Crippen molar-refractivity contribution in [2.24, 2.45) is 0 Å². The minimum atomic E-state index is -0.678. The largest absolute Gasteiger partial charge is 0.437 e. The minimum absolute atomic E-state index is 0.106. The number of furan rings is 1. The van der Waals surface area contributed by atoms with Crippen molar-refractivity contribution < 1.29 is 18.8 Å². The molecule has 2 heterocycles. The van der Waals surface area contributed by atoms with Gasteiger partial charge in [0.2, 0.25) is 5.88 Å². The first kappa shape index (κ1) is 10.5. The van der Waals surface area contributed by atoms with E-state index in [0.717, 1.165) is 0 Å². The van der Waals surface area contributed by atoms with Crippen LogP contribution < -0.4 is 4.90 Å². The van der Waals surface area contributed by atoms with E-state index in [1.807, 2.05) is 0 Å². The van der Waals surface area contributed by atoms with Crippen LogP contribution in [0.2, 0.25) is 0 Å². The number of amides is 1. The molecule has 5 heteroatoms. The van der Waals surface area contributed by atoms with Crippen LogP contribution in [0.4, 0.5) is 11.6 Å². The van der Waals surface area contributed by atoms with E-state index in [9.17, 15) is 14.4 Å². The molecule has 0 bridgehead atoms. The second kappa shape index (κ2) is 3.66.